The number of hydrogen-bond donors (Lipinski definition) is 1. The number of hydrogen-bond acceptors (Lipinski definition) is 5. The maximum absolute atomic E-state index is 11.7. The smallest absolute Gasteiger partial charge is 0.324 e. The minimum absolute atomic E-state index is 0.152. The van der Waals surface area contributed by atoms with Gasteiger partial charge in [-0.05, 0) is 19.5 Å². The van der Waals surface area contributed by atoms with Gasteiger partial charge in [-0.25, -0.2) is 0 Å². The molecule has 1 atom stereocenters. The molecule has 1 aliphatic rings. The Balaban J connectivity index is 2.38. The Morgan fingerprint density at radius 1 is 1.22 bits per heavy atom. The molecule has 106 valence electrons. The van der Waals surface area contributed by atoms with Crippen LogP contribution in [0.2, 0.25) is 0 Å². The van der Waals surface area contributed by atoms with Crippen molar-refractivity contribution < 1.29 is 9.53 Å². The molecule has 1 fully saturated rings. The van der Waals surface area contributed by atoms with Crippen molar-refractivity contribution in [2.75, 3.05) is 52.9 Å². The molecule has 0 aliphatic carbocycles. The molecule has 0 radical (unpaired) electrons. The van der Waals surface area contributed by atoms with Gasteiger partial charge in [-0.1, -0.05) is 13.8 Å². The molecule has 0 spiro atoms. The lowest BCUT2D eigenvalue weighted by Gasteiger charge is -2.35. The van der Waals surface area contributed by atoms with Crippen LogP contribution in [0.1, 0.15) is 20.3 Å². The minimum Gasteiger partial charge on any atom is -0.468 e. The van der Waals surface area contributed by atoms with E-state index in [4.69, 9.17) is 4.74 Å². The van der Waals surface area contributed by atoms with E-state index < -0.39 is 0 Å². The molecule has 0 amide bonds. The van der Waals surface area contributed by atoms with Gasteiger partial charge < -0.3 is 15.0 Å². The third-order valence-electron chi connectivity index (χ3n) is 3.48. The van der Waals surface area contributed by atoms with E-state index in [1.165, 1.54) is 7.11 Å². The minimum atomic E-state index is -0.192. The molecular weight excluding hydrogens is 230 g/mol. The molecule has 0 aromatic carbocycles. The number of carbonyl (C=O) groups excluding carboxylic acids is 1. The summed E-state index contributed by atoms with van der Waals surface area (Å²) in [6.07, 6.45) is 1.02. The molecular formula is C13H27N3O2. The van der Waals surface area contributed by atoms with Crippen molar-refractivity contribution in [1.82, 2.24) is 15.1 Å². The van der Waals surface area contributed by atoms with Crippen LogP contribution in [-0.4, -0.2) is 74.7 Å². The van der Waals surface area contributed by atoms with E-state index in [1.807, 2.05) is 0 Å². The van der Waals surface area contributed by atoms with Gasteiger partial charge in [-0.15, -0.1) is 0 Å². The van der Waals surface area contributed by atoms with Crippen LogP contribution in [0.5, 0.6) is 0 Å². The monoisotopic (exact) mass is 257 g/mol. The molecule has 1 rings (SSSR count). The van der Waals surface area contributed by atoms with Gasteiger partial charge in [0.25, 0.3) is 0 Å². The molecule has 0 bridgehead atoms. The Morgan fingerprint density at radius 2 is 1.83 bits per heavy atom. The molecule has 1 heterocycles. The SMILES string of the molecule is CCCNC(CN1CCN(CC)CC1)C(=O)OC. The summed E-state index contributed by atoms with van der Waals surface area (Å²) in [6.45, 7) is 11.3. The topological polar surface area (TPSA) is 44.8 Å². The van der Waals surface area contributed by atoms with Crippen molar-refractivity contribution in [3.05, 3.63) is 0 Å². The Hall–Kier alpha value is -0.650. The predicted molar refractivity (Wildman–Crippen MR) is 72.7 cm³/mol. The van der Waals surface area contributed by atoms with Crippen LogP contribution in [-0.2, 0) is 9.53 Å². The fourth-order valence-corrected chi connectivity index (χ4v) is 2.23. The zero-order chi connectivity index (χ0) is 13.4. The predicted octanol–water partition coefficient (Wildman–Crippen LogP) is 0.165. The maximum atomic E-state index is 11.7. The van der Waals surface area contributed by atoms with E-state index in [9.17, 15) is 4.79 Å². The second-order valence-corrected chi connectivity index (χ2v) is 4.76. The zero-order valence-electron chi connectivity index (χ0n) is 11.9. The maximum Gasteiger partial charge on any atom is 0.324 e. The fraction of sp³-hybridized carbons (Fsp3) is 0.923. The quantitative estimate of drug-likeness (QED) is 0.659. The lowest BCUT2D eigenvalue weighted by molar-refractivity contribution is -0.143. The Morgan fingerprint density at radius 3 is 2.33 bits per heavy atom. The first-order valence-electron chi connectivity index (χ1n) is 6.97. The normalized spacial score (nSPS) is 19.7. The van der Waals surface area contributed by atoms with E-state index in [2.05, 4.69) is 29.0 Å². The van der Waals surface area contributed by atoms with Crippen LogP contribution < -0.4 is 5.32 Å². The zero-order valence-corrected chi connectivity index (χ0v) is 11.9. The third-order valence-corrected chi connectivity index (χ3v) is 3.48. The summed E-state index contributed by atoms with van der Waals surface area (Å²) in [6, 6.07) is -0.192. The molecule has 1 aliphatic heterocycles. The summed E-state index contributed by atoms with van der Waals surface area (Å²) in [5.74, 6) is -0.152. The summed E-state index contributed by atoms with van der Waals surface area (Å²) >= 11 is 0. The molecule has 0 aromatic rings. The van der Waals surface area contributed by atoms with Crippen molar-refractivity contribution in [2.24, 2.45) is 0 Å². The van der Waals surface area contributed by atoms with Crippen LogP contribution in [0.3, 0.4) is 0 Å². The second-order valence-electron chi connectivity index (χ2n) is 4.76. The van der Waals surface area contributed by atoms with E-state index in [0.717, 1.165) is 52.2 Å². The molecule has 5 nitrogen and oxygen atoms in total. The molecule has 1 saturated heterocycles. The number of rotatable bonds is 7. The van der Waals surface area contributed by atoms with Crippen molar-refractivity contribution >= 4 is 5.97 Å². The van der Waals surface area contributed by atoms with E-state index >= 15 is 0 Å². The van der Waals surface area contributed by atoms with Gasteiger partial charge in [0.15, 0.2) is 0 Å². The van der Waals surface area contributed by atoms with Gasteiger partial charge in [0.1, 0.15) is 6.04 Å². The first-order valence-corrected chi connectivity index (χ1v) is 6.97. The summed E-state index contributed by atoms with van der Waals surface area (Å²) in [7, 11) is 1.46. The van der Waals surface area contributed by atoms with Gasteiger partial charge >= 0.3 is 5.97 Å². The summed E-state index contributed by atoms with van der Waals surface area (Å²) in [5.41, 5.74) is 0. The van der Waals surface area contributed by atoms with Gasteiger partial charge in [0, 0.05) is 32.7 Å². The second kappa shape index (κ2) is 8.45. The van der Waals surface area contributed by atoms with Gasteiger partial charge in [0.05, 0.1) is 7.11 Å². The summed E-state index contributed by atoms with van der Waals surface area (Å²) in [4.78, 5) is 16.5. The van der Waals surface area contributed by atoms with Crippen molar-refractivity contribution in [3.8, 4) is 0 Å². The number of carbonyl (C=O) groups is 1. The summed E-state index contributed by atoms with van der Waals surface area (Å²) < 4.78 is 4.85. The Labute approximate surface area is 110 Å². The average Bonchev–Trinajstić information content (AvgIpc) is 2.43. The van der Waals surface area contributed by atoms with Crippen molar-refractivity contribution in [3.63, 3.8) is 0 Å². The highest BCUT2D eigenvalue weighted by Gasteiger charge is 2.24. The highest BCUT2D eigenvalue weighted by atomic mass is 16.5. The molecule has 5 heteroatoms. The number of esters is 1. The largest absolute Gasteiger partial charge is 0.468 e. The molecule has 0 saturated carbocycles. The van der Waals surface area contributed by atoms with Gasteiger partial charge in [-0.2, -0.15) is 0 Å². The number of methoxy groups -OCH3 is 1. The number of piperazine rings is 1. The lowest BCUT2D eigenvalue weighted by atomic mass is 10.2. The first-order chi connectivity index (χ1) is 8.71. The van der Waals surface area contributed by atoms with Crippen LogP contribution in [0, 0.1) is 0 Å². The number of likely N-dealkylation sites (N-methyl/N-ethyl adjacent to an activating group) is 1. The molecule has 0 aromatic heterocycles. The average molecular weight is 257 g/mol. The van der Waals surface area contributed by atoms with Crippen LogP contribution in [0.4, 0.5) is 0 Å². The van der Waals surface area contributed by atoms with Crippen LogP contribution in [0.25, 0.3) is 0 Å². The first kappa shape index (κ1) is 15.4. The highest BCUT2D eigenvalue weighted by molar-refractivity contribution is 5.75. The van der Waals surface area contributed by atoms with Crippen molar-refractivity contribution in [2.45, 2.75) is 26.3 Å². The van der Waals surface area contributed by atoms with E-state index in [-0.39, 0.29) is 12.0 Å². The lowest BCUT2D eigenvalue weighted by Crippen LogP contribution is -2.53. The van der Waals surface area contributed by atoms with Gasteiger partial charge in [0.2, 0.25) is 0 Å². The molecule has 1 unspecified atom stereocenters. The molecule has 18 heavy (non-hydrogen) atoms. The standard InChI is InChI=1S/C13H27N3O2/c1-4-6-14-12(13(17)18-3)11-16-9-7-15(5-2)8-10-16/h12,14H,4-11H2,1-3H3. The number of ether oxygens (including phenoxy) is 1. The number of nitrogens with one attached hydrogen (secondary N) is 1. The number of nitrogens with zero attached hydrogens (tertiary/aromatic N) is 2. The van der Waals surface area contributed by atoms with Crippen molar-refractivity contribution in [1.29, 1.82) is 0 Å². The van der Waals surface area contributed by atoms with Crippen LogP contribution in [0.15, 0.2) is 0 Å². The Bertz CT molecular complexity index is 240. The fourth-order valence-electron chi connectivity index (χ4n) is 2.23. The third kappa shape index (κ3) is 4.92. The summed E-state index contributed by atoms with van der Waals surface area (Å²) in [5, 5.41) is 3.26. The highest BCUT2D eigenvalue weighted by Crippen LogP contribution is 2.03. The van der Waals surface area contributed by atoms with Gasteiger partial charge in [-0.3, -0.25) is 9.69 Å². The Kier molecular flexibility index (Phi) is 7.23. The van der Waals surface area contributed by atoms with Crippen LogP contribution >= 0.6 is 0 Å². The molecule has 1 N–H and O–H groups in total. The van der Waals surface area contributed by atoms with E-state index in [1.54, 1.807) is 0 Å². The van der Waals surface area contributed by atoms with E-state index in [0.29, 0.717) is 0 Å².